The zero-order valence-electron chi connectivity index (χ0n) is 12.1. The van der Waals surface area contributed by atoms with Gasteiger partial charge < -0.3 is 4.90 Å². The molecule has 1 aliphatic heterocycles. The lowest BCUT2D eigenvalue weighted by Crippen LogP contribution is -2.43. The first-order valence-corrected chi connectivity index (χ1v) is 7.65. The number of hydrogen-bond acceptors (Lipinski definition) is 4. The number of benzene rings is 1. The van der Waals surface area contributed by atoms with Crippen LogP contribution in [0.4, 0.5) is 0 Å². The van der Waals surface area contributed by atoms with Gasteiger partial charge >= 0.3 is 0 Å². The maximum atomic E-state index is 8.57. The van der Waals surface area contributed by atoms with Crippen molar-refractivity contribution >= 4 is 11.8 Å². The minimum Gasteiger partial charge on any atom is -0.304 e. The van der Waals surface area contributed by atoms with E-state index in [9.17, 15) is 0 Å². The summed E-state index contributed by atoms with van der Waals surface area (Å²) in [5.74, 6) is 0. The molecule has 0 aliphatic carbocycles. The number of piperazine rings is 1. The van der Waals surface area contributed by atoms with Crippen molar-refractivity contribution in [3.05, 3.63) is 29.8 Å². The zero-order chi connectivity index (χ0) is 14.1. The van der Waals surface area contributed by atoms with E-state index in [2.05, 4.69) is 34.4 Å². The summed E-state index contributed by atoms with van der Waals surface area (Å²) in [6, 6.07) is 8.30. The SMILES string of the molecule is CC.CN1CCN(Cc2ccc(SC#N)cc2)CC1. The van der Waals surface area contributed by atoms with Crippen molar-refractivity contribution in [1.82, 2.24) is 9.80 Å². The van der Waals surface area contributed by atoms with E-state index in [1.54, 1.807) is 0 Å². The largest absolute Gasteiger partial charge is 0.304 e. The van der Waals surface area contributed by atoms with Crippen LogP contribution in [-0.4, -0.2) is 43.0 Å². The molecule has 4 heteroatoms. The van der Waals surface area contributed by atoms with Gasteiger partial charge in [-0.15, -0.1) is 0 Å². The molecular formula is C15H23N3S. The third-order valence-corrected chi connectivity index (χ3v) is 3.69. The topological polar surface area (TPSA) is 30.3 Å². The monoisotopic (exact) mass is 277 g/mol. The Kier molecular flexibility index (Phi) is 7.57. The average molecular weight is 277 g/mol. The fourth-order valence-electron chi connectivity index (χ4n) is 1.98. The molecule has 1 aromatic carbocycles. The molecule has 0 spiro atoms. The first-order chi connectivity index (χ1) is 9.28. The highest BCUT2D eigenvalue weighted by Crippen LogP contribution is 2.17. The van der Waals surface area contributed by atoms with Gasteiger partial charge in [-0.1, -0.05) is 26.0 Å². The van der Waals surface area contributed by atoms with Crippen LogP contribution >= 0.6 is 11.8 Å². The fraction of sp³-hybridized carbons (Fsp3) is 0.533. The molecule has 1 aliphatic rings. The van der Waals surface area contributed by atoms with E-state index in [0.29, 0.717) is 0 Å². The number of nitrogens with zero attached hydrogens (tertiary/aromatic N) is 3. The normalized spacial score (nSPS) is 16.3. The van der Waals surface area contributed by atoms with E-state index < -0.39 is 0 Å². The Morgan fingerprint density at radius 2 is 1.68 bits per heavy atom. The van der Waals surface area contributed by atoms with Gasteiger partial charge in [0.1, 0.15) is 5.40 Å². The lowest BCUT2D eigenvalue weighted by atomic mass is 10.2. The molecule has 0 saturated carbocycles. The van der Waals surface area contributed by atoms with Gasteiger partial charge in [-0.3, -0.25) is 4.90 Å². The fourth-order valence-corrected chi connectivity index (χ4v) is 2.36. The summed E-state index contributed by atoms with van der Waals surface area (Å²) >= 11 is 1.22. The van der Waals surface area contributed by atoms with Crippen molar-refractivity contribution in [2.45, 2.75) is 25.3 Å². The maximum absolute atomic E-state index is 8.57. The smallest absolute Gasteiger partial charge is 0.138 e. The summed E-state index contributed by atoms with van der Waals surface area (Å²) < 4.78 is 0. The summed E-state index contributed by atoms with van der Waals surface area (Å²) in [5, 5.41) is 10.7. The Bertz CT molecular complexity index is 389. The Hall–Kier alpha value is -1.02. The van der Waals surface area contributed by atoms with Crippen LogP contribution in [0.25, 0.3) is 0 Å². The van der Waals surface area contributed by atoms with Crippen molar-refractivity contribution < 1.29 is 0 Å². The zero-order valence-corrected chi connectivity index (χ0v) is 12.9. The van der Waals surface area contributed by atoms with Gasteiger partial charge in [-0.2, -0.15) is 5.26 Å². The maximum Gasteiger partial charge on any atom is 0.138 e. The van der Waals surface area contributed by atoms with Crippen molar-refractivity contribution in [2.24, 2.45) is 0 Å². The van der Waals surface area contributed by atoms with E-state index in [0.717, 1.165) is 37.6 Å². The van der Waals surface area contributed by atoms with Crippen LogP contribution in [0.2, 0.25) is 0 Å². The molecule has 0 unspecified atom stereocenters. The molecule has 1 saturated heterocycles. The number of thioether (sulfide) groups is 1. The van der Waals surface area contributed by atoms with Crippen molar-refractivity contribution in [1.29, 1.82) is 5.26 Å². The van der Waals surface area contributed by atoms with Crippen molar-refractivity contribution in [2.75, 3.05) is 33.2 Å². The highest BCUT2D eigenvalue weighted by molar-refractivity contribution is 8.03. The van der Waals surface area contributed by atoms with Gasteiger partial charge in [-0.25, -0.2) is 0 Å². The summed E-state index contributed by atoms with van der Waals surface area (Å²) in [4.78, 5) is 5.87. The van der Waals surface area contributed by atoms with Crippen molar-refractivity contribution in [3.63, 3.8) is 0 Å². The van der Waals surface area contributed by atoms with Gasteiger partial charge in [0.05, 0.1) is 0 Å². The molecule has 1 fully saturated rings. The third-order valence-electron chi connectivity index (χ3n) is 3.09. The quantitative estimate of drug-likeness (QED) is 0.627. The second kappa shape index (κ2) is 8.98. The van der Waals surface area contributed by atoms with Crippen LogP contribution in [0.15, 0.2) is 29.2 Å². The number of hydrogen-bond donors (Lipinski definition) is 0. The number of likely N-dealkylation sites (N-methyl/N-ethyl adjacent to an activating group) is 1. The van der Waals surface area contributed by atoms with E-state index in [4.69, 9.17) is 5.26 Å². The average Bonchev–Trinajstić information content (AvgIpc) is 2.46. The van der Waals surface area contributed by atoms with Crippen LogP contribution in [0.1, 0.15) is 19.4 Å². The highest BCUT2D eigenvalue weighted by Gasteiger charge is 2.13. The molecule has 19 heavy (non-hydrogen) atoms. The predicted octanol–water partition coefficient (Wildman–Crippen LogP) is 3.03. The van der Waals surface area contributed by atoms with Crippen LogP contribution in [0.5, 0.6) is 0 Å². The van der Waals surface area contributed by atoms with Crippen LogP contribution in [0, 0.1) is 10.7 Å². The van der Waals surface area contributed by atoms with E-state index >= 15 is 0 Å². The minimum absolute atomic E-state index is 1.02. The molecule has 2 rings (SSSR count). The van der Waals surface area contributed by atoms with Gasteiger partial charge in [0, 0.05) is 37.6 Å². The van der Waals surface area contributed by atoms with Crippen LogP contribution in [-0.2, 0) is 6.54 Å². The standard InChI is InChI=1S/C13H17N3S.C2H6/c1-15-6-8-16(9-7-15)10-12-2-4-13(5-3-12)17-11-14;1-2/h2-5H,6-10H2,1H3;1-2H3. The Morgan fingerprint density at radius 1 is 1.11 bits per heavy atom. The lowest BCUT2D eigenvalue weighted by Gasteiger charge is -2.32. The number of rotatable bonds is 3. The van der Waals surface area contributed by atoms with Gasteiger partial charge in [0.15, 0.2) is 0 Å². The molecule has 0 amide bonds. The van der Waals surface area contributed by atoms with Gasteiger partial charge in [0.2, 0.25) is 0 Å². The van der Waals surface area contributed by atoms with E-state index in [1.165, 1.54) is 17.3 Å². The summed E-state index contributed by atoms with van der Waals surface area (Å²) in [5.41, 5.74) is 1.33. The molecule has 0 N–H and O–H groups in total. The van der Waals surface area contributed by atoms with Crippen molar-refractivity contribution in [3.8, 4) is 5.40 Å². The molecule has 1 aromatic rings. The number of thiocyanates is 1. The second-order valence-corrected chi connectivity index (χ2v) is 5.27. The molecular weight excluding hydrogens is 254 g/mol. The first-order valence-electron chi connectivity index (χ1n) is 6.84. The molecule has 0 atom stereocenters. The van der Waals surface area contributed by atoms with E-state index in [-0.39, 0.29) is 0 Å². The first kappa shape index (κ1) is 16.0. The predicted molar refractivity (Wildman–Crippen MR) is 82.0 cm³/mol. The minimum atomic E-state index is 1.02. The Balaban J connectivity index is 0.000000861. The second-order valence-electron chi connectivity index (χ2n) is 4.42. The molecule has 1 heterocycles. The van der Waals surface area contributed by atoms with Gasteiger partial charge in [0.25, 0.3) is 0 Å². The molecule has 3 nitrogen and oxygen atoms in total. The summed E-state index contributed by atoms with van der Waals surface area (Å²) in [6.45, 7) is 9.62. The van der Waals surface area contributed by atoms with Crippen LogP contribution < -0.4 is 0 Å². The van der Waals surface area contributed by atoms with E-state index in [1.807, 2.05) is 26.0 Å². The third kappa shape index (κ3) is 5.65. The van der Waals surface area contributed by atoms with Gasteiger partial charge in [-0.05, 0) is 36.5 Å². The Labute approximate surface area is 121 Å². The molecule has 0 aromatic heterocycles. The molecule has 0 radical (unpaired) electrons. The summed E-state index contributed by atoms with van der Waals surface area (Å²) in [7, 11) is 2.17. The number of nitriles is 1. The molecule has 0 bridgehead atoms. The Morgan fingerprint density at radius 3 is 2.21 bits per heavy atom. The highest BCUT2D eigenvalue weighted by atomic mass is 32.2. The van der Waals surface area contributed by atoms with Crippen LogP contribution in [0.3, 0.4) is 0 Å². The molecule has 104 valence electrons. The lowest BCUT2D eigenvalue weighted by molar-refractivity contribution is 0.148. The summed E-state index contributed by atoms with van der Waals surface area (Å²) in [6.07, 6.45) is 0.